The molecule has 2 rings (SSSR count). The van der Waals surface area contributed by atoms with E-state index in [9.17, 15) is 0 Å². The standard InChI is InChI=1S/C11H13O2/c1-3-4-9-6-11-10(5-8(9)2)7-12-13-11/h5-6H,2-4,7H2,1H3. The molecule has 0 fully saturated rings. The average molecular weight is 177 g/mol. The maximum atomic E-state index is 5.01. The molecule has 69 valence electrons. The minimum Gasteiger partial charge on any atom is -0.337 e. The van der Waals surface area contributed by atoms with Crippen LogP contribution in [0.2, 0.25) is 0 Å². The summed E-state index contributed by atoms with van der Waals surface area (Å²) in [6.07, 6.45) is 2.18. The largest absolute Gasteiger partial charge is 0.337 e. The second-order valence-electron chi connectivity index (χ2n) is 3.32. The van der Waals surface area contributed by atoms with Gasteiger partial charge in [0.25, 0.3) is 0 Å². The molecule has 1 aromatic carbocycles. The first-order chi connectivity index (χ1) is 6.31. The Labute approximate surface area is 78.4 Å². The van der Waals surface area contributed by atoms with Gasteiger partial charge < -0.3 is 4.89 Å². The number of hydrogen-bond acceptors (Lipinski definition) is 2. The normalized spacial score (nSPS) is 14.0. The van der Waals surface area contributed by atoms with Crippen molar-refractivity contribution in [3.63, 3.8) is 0 Å². The van der Waals surface area contributed by atoms with Gasteiger partial charge in [0.1, 0.15) is 6.61 Å². The first-order valence-electron chi connectivity index (χ1n) is 4.58. The van der Waals surface area contributed by atoms with Gasteiger partial charge in [0.15, 0.2) is 5.75 Å². The number of aryl methyl sites for hydroxylation is 1. The van der Waals surface area contributed by atoms with Gasteiger partial charge >= 0.3 is 0 Å². The Balaban J connectivity index is 2.37. The molecular weight excluding hydrogens is 164 g/mol. The van der Waals surface area contributed by atoms with Crippen LogP contribution in [0.3, 0.4) is 0 Å². The highest BCUT2D eigenvalue weighted by molar-refractivity contribution is 5.44. The van der Waals surface area contributed by atoms with Crippen molar-refractivity contribution < 1.29 is 9.78 Å². The van der Waals surface area contributed by atoms with Crippen molar-refractivity contribution in [2.24, 2.45) is 0 Å². The summed E-state index contributed by atoms with van der Waals surface area (Å²) in [5.74, 6) is 0.857. The molecule has 0 unspecified atom stereocenters. The van der Waals surface area contributed by atoms with Gasteiger partial charge in [-0.15, -0.1) is 0 Å². The molecule has 0 saturated carbocycles. The van der Waals surface area contributed by atoms with Crippen LogP contribution in [0.25, 0.3) is 0 Å². The summed E-state index contributed by atoms with van der Waals surface area (Å²) in [4.78, 5) is 9.89. The van der Waals surface area contributed by atoms with E-state index < -0.39 is 0 Å². The molecule has 1 aliphatic heterocycles. The third kappa shape index (κ3) is 1.54. The van der Waals surface area contributed by atoms with Crippen LogP contribution in [0, 0.1) is 6.92 Å². The summed E-state index contributed by atoms with van der Waals surface area (Å²) in [6.45, 7) is 6.71. The lowest BCUT2D eigenvalue weighted by Gasteiger charge is -2.05. The monoisotopic (exact) mass is 177 g/mol. The van der Waals surface area contributed by atoms with Crippen LogP contribution in [0.5, 0.6) is 5.75 Å². The summed E-state index contributed by atoms with van der Waals surface area (Å²) in [6, 6.07) is 4.08. The molecule has 0 atom stereocenters. The smallest absolute Gasteiger partial charge is 0.171 e. The Morgan fingerprint density at radius 3 is 3.08 bits per heavy atom. The minimum atomic E-state index is 0.546. The van der Waals surface area contributed by atoms with Crippen LogP contribution in [0.4, 0.5) is 0 Å². The van der Waals surface area contributed by atoms with E-state index in [-0.39, 0.29) is 0 Å². The predicted molar refractivity (Wildman–Crippen MR) is 50.3 cm³/mol. The van der Waals surface area contributed by atoms with Crippen LogP contribution >= 0.6 is 0 Å². The van der Waals surface area contributed by atoms with Crippen LogP contribution in [-0.2, 0) is 17.9 Å². The van der Waals surface area contributed by atoms with E-state index in [4.69, 9.17) is 9.78 Å². The molecule has 1 heterocycles. The molecule has 0 N–H and O–H groups in total. The number of benzene rings is 1. The van der Waals surface area contributed by atoms with E-state index in [0.29, 0.717) is 6.61 Å². The first kappa shape index (κ1) is 8.57. The maximum Gasteiger partial charge on any atom is 0.171 e. The Hall–Kier alpha value is -1.02. The lowest BCUT2D eigenvalue weighted by Crippen LogP contribution is -1.90. The summed E-state index contributed by atoms with van der Waals surface area (Å²) in [5.41, 5.74) is 3.45. The lowest BCUT2D eigenvalue weighted by atomic mass is 10.0. The van der Waals surface area contributed by atoms with Crippen LogP contribution in [0.1, 0.15) is 30.0 Å². The van der Waals surface area contributed by atoms with Crippen molar-refractivity contribution in [2.45, 2.75) is 26.4 Å². The second kappa shape index (κ2) is 3.38. The number of rotatable bonds is 2. The second-order valence-corrected chi connectivity index (χ2v) is 3.32. The van der Waals surface area contributed by atoms with Crippen molar-refractivity contribution in [1.29, 1.82) is 0 Å². The highest BCUT2D eigenvalue weighted by Gasteiger charge is 2.15. The van der Waals surface area contributed by atoms with Gasteiger partial charge in [0, 0.05) is 5.56 Å². The van der Waals surface area contributed by atoms with Gasteiger partial charge in [-0.25, -0.2) is 0 Å². The molecule has 0 aromatic heterocycles. The zero-order valence-electron chi connectivity index (χ0n) is 7.80. The fraction of sp³-hybridized carbons (Fsp3) is 0.364. The van der Waals surface area contributed by atoms with E-state index in [1.807, 2.05) is 12.1 Å². The molecule has 13 heavy (non-hydrogen) atoms. The van der Waals surface area contributed by atoms with Crippen molar-refractivity contribution >= 4 is 0 Å². The SMILES string of the molecule is [CH2]c1cc2c(cc1CCC)OOC2. The Bertz CT molecular complexity index is 318. The van der Waals surface area contributed by atoms with Gasteiger partial charge in [-0.1, -0.05) is 13.3 Å². The fourth-order valence-corrected chi connectivity index (χ4v) is 1.57. The van der Waals surface area contributed by atoms with Crippen molar-refractivity contribution in [2.75, 3.05) is 0 Å². The van der Waals surface area contributed by atoms with Crippen LogP contribution < -0.4 is 4.89 Å². The van der Waals surface area contributed by atoms with Crippen molar-refractivity contribution in [3.8, 4) is 5.75 Å². The lowest BCUT2D eigenvalue weighted by molar-refractivity contribution is -0.194. The summed E-state index contributed by atoms with van der Waals surface area (Å²) >= 11 is 0. The molecule has 1 radical (unpaired) electrons. The first-order valence-corrected chi connectivity index (χ1v) is 4.58. The molecule has 0 amide bonds. The Morgan fingerprint density at radius 1 is 1.46 bits per heavy atom. The topological polar surface area (TPSA) is 18.5 Å². The Kier molecular flexibility index (Phi) is 2.23. The van der Waals surface area contributed by atoms with Gasteiger partial charge in [-0.2, -0.15) is 4.89 Å². The van der Waals surface area contributed by atoms with E-state index >= 15 is 0 Å². The molecular formula is C11H13O2. The molecule has 0 bridgehead atoms. The third-order valence-electron chi connectivity index (χ3n) is 2.27. The summed E-state index contributed by atoms with van der Waals surface area (Å²) in [5, 5.41) is 0. The highest BCUT2D eigenvalue weighted by atomic mass is 17.2. The van der Waals surface area contributed by atoms with Crippen molar-refractivity contribution in [1.82, 2.24) is 0 Å². The van der Waals surface area contributed by atoms with E-state index in [0.717, 1.165) is 29.7 Å². The Morgan fingerprint density at radius 2 is 2.31 bits per heavy atom. The van der Waals surface area contributed by atoms with E-state index in [1.54, 1.807) is 0 Å². The molecule has 0 saturated heterocycles. The summed E-state index contributed by atoms with van der Waals surface area (Å²) < 4.78 is 0. The van der Waals surface area contributed by atoms with Crippen LogP contribution in [0.15, 0.2) is 12.1 Å². The average Bonchev–Trinajstić information content (AvgIpc) is 2.52. The zero-order chi connectivity index (χ0) is 9.26. The molecule has 1 aliphatic rings. The molecule has 1 aromatic rings. The number of hydrogen-bond donors (Lipinski definition) is 0. The van der Waals surface area contributed by atoms with Gasteiger partial charge in [0.05, 0.1) is 0 Å². The van der Waals surface area contributed by atoms with E-state index in [2.05, 4.69) is 13.8 Å². The van der Waals surface area contributed by atoms with Crippen molar-refractivity contribution in [3.05, 3.63) is 35.7 Å². The van der Waals surface area contributed by atoms with Crippen LogP contribution in [-0.4, -0.2) is 0 Å². The van der Waals surface area contributed by atoms with Gasteiger partial charge in [-0.05, 0) is 36.6 Å². The molecule has 0 aliphatic carbocycles. The fourth-order valence-electron chi connectivity index (χ4n) is 1.57. The molecule has 2 heteroatoms. The van der Waals surface area contributed by atoms with E-state index in [1.165, 1.54) is 5.56 Å². The highest BCUT2D eigenvalue weighted by Crippen LogP contribution is 2.29. The third-order valence-corrected chi connectivity index (χ3v) is 2.27. The van der Waals surface area contributed by atoms with Gasteiger partial charge in [0.2, 0.25) is 0 Å². The molecule has 0 spiro atoms. The minimum absolute atomic E-state index is 0.546. The predicted octanol–water partition coefficient (Wildman–Crippen LogP) is 2.65. The zero-order valence-corrected chi connectivity index (χ0v) is 7.80. The number of fused-ring (bicyclic) bond motifs is 1. The maximum absolute atomic E-state index is 5.01. The van der Waals surface area contributed by atoms with Gasteiger partial charge in [-0.3, -0.25) is 0 Å². The quantitative estimate of drug-likeness (QED) is 0.646. The summed E-state index contributed by atoms with van der Waals surface area (Å²) in [7, 11) is 0. The molecule has 2 nitrogen and oxygen atoms in total.